The van der Waals surface area contributed by atoms with Gasteiger partial charge in [-0.05, 0) is 48.9 Å². The van der Waals surface area contributed by atoms with E-state index in [4.69, 9.17) is 11.6 Å². The number of esters is 1. The minimum absolute atomic E-state index is 0.119. The van der Waals surface area contributed by atoms with Crippen molar-refractivity contribution in [2.45, 2.75) is 24.3 Å². The number of carbonyl (C=O) groups excluding carboxylic acids is 2. The molecule has 0 aliphatic heterocycles. The van der Waals surface area contributed by atoms with Crippen LogP contribution in [0.5, 0.6) is 0 Å². The first-order chi connectivity index (χ1) is 14.9. The molecule has 0 fully saturated rings. The summed E-state index contributed by atoms with van der Waals surface area (Å²) in [6.07, 6.45) is -0.119. The van der Waals surface area contributed by atoms with E-state index in [1.54, 1.807) is 37.3 Å². The van der Waals surface area contributed by atoms with Gasteiger partial charge in [0.1, 0.15) is 0 Å². The number of hydrogen-bond donors (Lipinski definition) is 2. The second kappa shape index (κ2) is 10.3. The number of nitrogens with one attached hydrogen (secondary N) is 2. The van der Waals surface area contributed by atoms with Crippen molar-refractivity contribution in [3.63, 3.8) is 0 Å². The number of amides is 1. The predicted octanol–water partition coefficient (Wildman–Crippen LogP) is 3.99. The summed E-state index contributed by atoms with van der Waals surface area (Å²) < 4.78 is 4.64. The summed E-state index contributed by atoms with van der Waals surface area (Å²) in [7, 11) is 1.30. The number of H-pyrrole nitrogens is 1. The van der Waals surface area contributed by atoms with Crippen LogP contribution in [-0.4, -0.2) is 29.0 Å². The first-order valence-electron chi connectivity index (χ1n) is 9.31. The number of rotatable bonds is 7. The Morgan fingerprint density at radius 1 is 1.19 bits per heavy atom. The van der Waals surface area contributed by atoms with Crippen molar-refractivity contribution in [2.24, 2.45) is 0 Å². The van der Waals surface area contributed by atoms with E-state index in [0.29, 0.717) is 38.4 Å². The van der Waals surface area contributed by atoms with Crippen molar-refractivity contribution < 1.29 is 14.3 Å². The fourth-order valence-electron chi connectivity index (χ4n) is 2.81. The summed E-state index contributed by atoms with van der Waals surface area (Å²) in [5.74, 6) is -0.218. The van der Waals surface area contributed by atoms with Crippen LogP contribution in [0.2, 0.25) is 5.02 Å². The summed E-state index contributed by atoms with van der Waals surface area (Å²) in [4.78, 5) is 43.5. The van der Waals surface area contributed by atoms with Crippen LogP contribution in [0.25, 0.3) is 0 Å². The highest BCUT2D eigenvalue weighted by atomic mass is 35.5. The molecule has 2 aromatic carbocycles. The number of aromatic nitrogens is 2. The molecule has 3 rings (SSSR count). The SMILES string of the molecule is COC(=O)c1ccc(NC(=O)Cc2c(C)nc(SCc3cccc(Cl)c3)[nH]c2=O)cc1. The molecule has 0 saturated carbocycles. The maximum Gasteiger partial charge on any atom is 0.337 e. The Bertz CT molecular complexity index is 1160. The van der Waals surface area contributed by atoms with E-state index in [2.05, 4.69) is 20.0 Å². The van der Waals surface area contributed by atoms with Crippen LogP contribution in [0.15, 0.2) is 58.5 Å². The van der Waals surface area contributed by atoms with Crippen LogP contribution in [-0.2, 0) is 21.7 Å². The topological polar surface area (TPSA) is 101 Å². The van der Waals surface area contributed by atoms with Gasteiger partial charge in [-0.25, -0.2) is 9.78 Å². The van der Waals surface area contributed by atoms with Gasteiger partial charge in [-0.15, -0.1) is 0 Å². The number of hydrogen-bond acceptors (Lipinski definition) is 6. The van der Waals surface area contributed by atoms with Gasteiger partial charge in [0, 0.05) is 27.7 Å². The van der Waals surface area contributed by atoms with E-state index in [1.807, 2.05) is 18.2 Å². The Kier molecular flexibility index (Phi) is 7.49. The van der Waals surface area contributed by atoms with Crippen LogP contribution in [0.3, 0.4) is 0 Å². The quantitative estimate of drug-likeness (QED) is 0.316. The molecule has 1 aromatic heterocycles. The molecule has 0 atom stereocenters. The van der Waals surface area contributed by atoms with E-state index in [9.17, 15) is 14.4 Å². The minimum Gasteiger partial charge on any atom is -0.465 e. The van der Waals surface area contributed by atoms with Crippen molar-refractivity contribution in [3.05, 3.63) is 86.3 Å². The molecule has 0 aliphatic rings. The summed E-state index contributed by atoms with van der Waals surface area (Å²) >= 11 is 7.37. The van der Waals surface area contributed by atoms with Crippen molar-refractivity contribution in [2.75, 3.05) is 12.4 Å². The molecule has 0 aliphatic carbocycles. The lowest BCUT2D eigenvalue weighted by atomic mass is 10.1. The van der Waals surface area contributed by atoms with Crippen LogP contribution < -0.4 is 10.9 Å². The molecule has 1 heterocycles. The fourth-order valence-corrected chi connectivity index (χ4v) is 3.88. The number of aromatic amines is 1. The lowest BCUT2D eigenvalue weighted by Gasteiger charge is -2.09. The molecule has 9 heteroatoms. The van der Waals surface area contributed by atoms with Gasteiger partial charge < -0.3 is 15.0 Å². The van der Waals surface area contributed by atoms with Crippen molar-refractivity contribution >= 4 is 40.9 Å². The van der Waals surface area contributed by atoms with Crippen molar-refractivity contribution in [1.82, 2.24) is 9.97 Å². The highest BCUT2D eigenvalue weighted by Gasteiger charge is 2.14. The molecule has 0 radical (unpaired) electrons. The second-order valence-electron chi connectivity index (χ2n) is 6.65. The van der Waals surface area contributed by atoms with Crippen LogP contribution in [0.4, 0.5) is 5.69 Å². The summed E-state index contributed by atoms with van der Waals surface area (Å²) in [6.45, 7) is 1.70. The first-order valence-corrected chi connectivity index (χ1v) is 10.7. The zero-order valence-electron chi connectivity index (χ0n) is 16.9. The van der Waals surface area contributed by atoms with Crippen molar-refractivity contribution in [1.29, 1.82) is 0 Å². The fraction of sp³-hybridized carbons (Fsp3) is 0.182. The largest absolute Gasteiger partial charge is 0.465 e. The van der Waals surface area contributed by atoms with E-state index in [0.717, 1.165) is 5.56 Å². The zero-order chi connectivity index (χ0) is 22.4. The number of benzene rings is 2. The molecular formula is C22H20ClN3O4S. The number of thioether (sulfide) groups is 1. The Balaban J connectivity index is 1.64. The molecule has 0 saturated heterocycles. The Labute approximate surface area is 188 Å². The van der Waals surface area contributed by atoms with Gasteiger partial charge in [0.15, 0.2) is 5.16 Å². The monoisotopic (exact) mass is 457 g/mol. The lowest BCUT2D eigenvalue weighted by molar-refractivity contribution is -0.115. The average Bonchev–Trinajstić information content (AvgIpc) is 2.75. The number of halogens is 1. The first kappa shape index (κ1) is 22.6. The third-order valence-electron chi connectivity index (χ3n) is 4.39. The molecule has 160 valence electrons. The number of methoxy groups -OCH3 is 1. The molecular weight excluding hydrogens is 438 g/mol. The molecule has 3 aromatic rings. The molecule has 2 N–H and O–H groups in total. The molecule has 0 unspecified atom stereocenters. The van der Waals surface area contributed by atoms with Gasteiger partial charge in [-0.2, -0.15) is 0 Å². The standard InChI is InChI=1S/C22H20ClN3O4S/c1-13-18(11-19(27)25-17-8-6-15(7-9-17)21(29)30-2)20(28)26-22(24-13)31-12-14-4-3-5-16(23)10-14/h3-10H,11-12H2,1-2H3,(H,25,27)(H,24,26,28). The Morgan fingerprint density at radius 3 is 2.58 bits per heavy atom. The van der Waals surface area contributed by atoms with Crippen LogP contribution in [0.1, 0.15) is 27.2 Å². The molecule has 31 heavy (non-hydrogen) atoms. The molecule has 1 amide bonds. The smallest absolute Gasteiger partial charge is 0.337 e. The van der Waals surface area contributed by atoms with Gasteiger partial charge >= 0.3 is 5.97 Å². The van der Waals surface area contributed by atoms with Gasteiger partial charge in [0.05, 0.1) is 19.1 Å². The Hall–Kier alpha value is -3.10. The zero-order valence-corrected chi connectivity index (χ0v) is 18.5. The van der Waals surface area contributed by atoms with E-state index in [1.165, 1.54) is 18.9 Å². The maximum atomic E-state index is 12.5. The van der Waals surface area contributed by atoms with E-state index >= 15 is 0 Å². The van der Waals surface area contributed by atoms with Gasteiger partial charge in [0.2, 0.25) is 5.91 Å². The second-order valence-corrected chi connectivity index (χ2v) is 8.05. The normalized spacial score (nSPS) is 10.5. The van der Waals surface area contributed by atoms with Crippen LogP contribution in [0, 0.1) is 6.92 Å². The number of aryl methyl sites for hydroxylation is 1. The summed E-state index contributed by atoms with van der Waals surface area (Å²) in [5, 5.41) is 3.83. The number of anilines is 1. The number of carbonyl (C=O) groups is 2. The third-order valence-corrected chi connectivity index (χ3v) is 5.57. The molecule has 7 nitrogen and oxygen atoms in total. The molecule has 0 spiro atoms. The average molecular weight is 458 g/mol. The van der Waals surface area contributed by atoms with Gasteiger partial charge in [-0.3, -0.25) is 9.59 Å². The maximum absolute atomic E-state index is 12.5. The van der Waals surface area contributed by atoms with E-state index < -0.39 is 5.97 Å². The third kappa shape index (κ3) is 6.19. The lowest BCUT2D eigenvalue weighted by Crippen LogP contribution is -2.23. The number of nitrogens with zero attached hydrogens (tertiary/aromatic N) is 1. The minimum atomic E-state index is -0.459. The predicted molar refractivity (Wildman–Crippen MR) is 121 cm³/mol. The van der Waals surface area contributed by atoms with Gasteiger partial charge in [-0.1, -0.05) is 35.5 Å². The summed E-state index contributed by atoms with van der Waals surface area (Å²) in [5.41, 5.74) is 2.34. The van der Waals surface area contributed by atoms with Gasteiger partial charge in [0.25, 0.3) is 5.56 Å². The highest BCUT2D eigenvalue weighted by Crippen LogP contribution is 2.21. The summed E-state index contributed by atoms with van der Waals surface area (Å²) in [6, 6.07) is 13.7. The molecule has 0 bridgehead atoms. The van der Waals surface area contributed by atoms with Crippen molar-refractivity contribution in [3.8, 4) is 0 Å². The number of ether oxygens (including phenoxy) is 1. The van der Waals surface area contributed by atoms with E-state index in [-0.39, 0.29) is 17.9 Å². The Morgan fingerprint density at radius 2 is 1.94 bits per heavy atom. The van der Waals surface area contributed by atoms with Crippen LogP contribution >= 0.6 is 23.4 Å². The highest BCUT2D eigenvalue weighted by molar-refractivity contribution is 7.98.